The zero-order valence-corrected chi connectivity index (χ0v) is 10.3. The third-order valence-corrected chi connectivity index (χ3v) is 3.30. The number of hydrogen-bond acceptors (Lipinski definition) is 3. The molecule has 0 aromatic heterocycles. The summed E-state index contributed by atoms with van der Waals surface area (Å²) < 4.78 is 5.43. The lowest BCUT2D eigenvalue weighted by molar-refractivity contribution is -0.139. The number of nitrogens with zero attached hydrogens (tertiary/aromatic N) is 1. The first kappa shape index (κ1) is 13.5. The Morgan fingerprint density at radius 2 is 2.38 bits per heavy atom. The summed E-state index contributed by atoms with van der Waals surface area (Å²) in [4.78, 5) is 12.9. The maximum atomic E-state index is 10.8. The lowest BCUT2D eigenvalue weighted by Gasteiger charge is -2.32. The van der Waals surface area contributed by atoms with Crippen molar-refractivity contribution in [2.45, 2.75) is 39.2 Å². The highest BCUT2D eigenvalue weighted by atomic mass is 16.5. The van der Waals surface area contributed by atoms with Gasteiger partial charge in [0.25, 0.3) is 0 Å². The number of rotatable bonds is 6. The van der Waals surface area contributed by atoms with E-state index in [1.807, 2.05) is 0 Å². The first-order valence-corrected chi connectivity index (χ1v) is 6.17. The number of carboxylic acids is 1. The molecule has 16 heavy (non-hydrogen) atoms. The van der Waals surface area contributed by atoms with Gasteiger partial charge in [0.05, 0.1) is 13.2 Å². The van der Waals surface area contributed by atoms with E-state index in [1.54, 1.807) is 0 Å². The fourth-order valence-electron chi connectivity index (χ4n) is 2.12. The van der Waals surface area contributed by atoms with Crippen LogP contribution in [0.25, 0.3) is 0 Å². The number of carbonyl (C=O) groups is 1. The van der Waals surface area contributed by atoms with Crippen LogP contribution in [0.1, 0.15) is 33.1 Å². The molecular weight excluding hydrogens is 206 g/mol. The van der Waals surface area contributed by atoms with Crippen molar-refractivity contribution in [2.24, 2.45) is 5.92 Å². The Balaban J connectivity index is 2.44. The minimum absolute atomic E-state index is 0.144. The van der Waals surface area contributed by atoms with E-state index in [9.17, 15) is 4.79 Å². The van der Waals surface area contributed by atoms with E-state index in [-0.39, 0.29) is 6.54 Å². The summed E-state index contributed by atoms with van der Waals surface area (Å²) in [6, 6.07) is 0.332. The smallest absolute Gasteiger partial charge is 0.317 e. The predicted molar refractivity (Wildman–Crippen MR) is 62.5 cm³/mol. The normalized spacial score (nSPS) is 23.3. The van der Waals surface area contributed by atoms with Crippen LogP contribution in [0.2, 0.25) is 0 Å². The van der Waals surface area contributed by atoms with E-state index in [2.05, 4.69) is 18.7 Å². The van der Waals surface area contributed by atoms with Gasteiger partial charge in [0.2, 0.25) is 0 Å². The van der Waals surface area contributed by atoms with E-state index in [1.165, 1.54) is 0 Å². The summed E-state index contributed by atoms with van der Waals surface area (Å²) in [6.45, 7) is 6.82. The summed E-state index contributed by atoms with van der Waals surface area (Å²) in [7, 11) is 0. The molecule has 0 saturated carbocycles. The molecule has 1 aliphatic heterocycles. The average Bonchev–Trinajstić information content (AvgIpc) is 2.28. The van der Waals surface area contributed by atoms with E-state index >= 15 is 0 Å². The highest BCUT2D eigenvalue weighted by molar-refractivity contribution is 5.69. The quantitative estimate of drug-likeness (QED) is 0.751. The molecule has 0 bridgehead atoms. The number of carboxylic acid groups (broad SMARTS) is 1. The van der Waals surface area contributed by atoms with Gasteiger partial charge in [-0.2, -0.15) is 0 Å². The molecule has 0 amide bonds. The van der Waals surface area contributed by atoms with Gasteiger partial charge in [-0.3, -0.25) is 9.69 Å². The molecule has 0 spiro atoms. The molecule has 1 aliphatic rings. The Hall–Kier alpha value is -0.610. The van der Waals surface area contributed by atoms with Crippen LogP contribution in [0.4, 0.5) is 0 Å². The Morgan fingerprint density at radius 1 is 1.62 bits per heavy atom. The van der Waals surface area contributed by atoms with Crippen LogP contribution in [0.5, 0.6) is 0 Å². The second kappa shape index (κ2) is 6.86. The van der Waals surface area contributed by atoms with Gasteiger partial charge in [-0.15, -0.1) is 0 Å². The van der Waals surface area contributed by atoms with Crippen molar-refractivity contribution < 1.29 is 14.6 Å². The summed E-state index contributed by atoms with van der Waals surface area (Å²) in [5.74, 6) is -0.237. The molecule has 2 unspecified atom stereocenters. The van der Waals surface area contributed by atoms with Crippen molar-refractivity contribution in [1.82, 2.24) is 4.90 Å². The molecule has 0 aromatic rings. The van der Waals surface area contributed by atoms with Gasteiger partial charge in [-0.1, -0.05) is 6.92 Å². The molecule has 94 valence electrons. The highest BCUT2D eigenvalue weighted by Crippen LogP contribution is 2.16. The molecule has 2 atom stereocenters. The molecule has 4 heteroatoms. The van der Waals surface area contributed by atoms with Crippen LogP contribution in [0, 0.1) is 5.92 Å². The Labute approximate surface area is 97.6 Å². The third kappa shape index (κ3) is 4.49. The van der Waals surface area contributed by atoms with Crippen LogP contribution in [0.15, 0.2) is 0 Å². The van der Waals surface area contributed by atoms with E-state index in [0.29, 0.717) is 12.0 Å². The number of ether oxygens (including phenoxy) is 1. The lowest BCUT2D eigenvalue weighted by Crippen LogP contribution is -2.42. The summed E-state index contributed by atoms with van der Waals surface area (Å²) in [5, 5.41) is 8.88. The number of aliphatic carboxylic acids is 1. The van der Waals surface area contributed by atoms with Gasteiger partial charge < -0.3 is 9.84 Å². The van der Waals surface area contributed by atoms with Gasteiger partial charge in [0.15, 0.2) is 0 Å². The minimum Gasteiger partial charge on any atom is -0.480 e. The van der Waals surface area contributed by atoms with Gasteiger partial charge >= 0.3 is 5.97 Å². The molecule has 1 fully saturated rings. The molecule has 0 aliphatic carbocycles. The van der Waals surface area contributed by atoms with E-state index in [4.69, 9.17) is 9.84 Å². The standard InChI is InChI=1S/C12H23NO3/c1-3-10(2)13(8-12(14)15)7-11-5-4-6-16-9-11/h10-11H,3-9H2,1-2H3,(H,14,15). The predicted octanol–water partition coefficient (Wildman–Crippen LogP) is 1.60. The SMILES string of the molecule is CCC(C)N(CC(=O)O)CC1CCCOC1. The highest BCUT2D eigenvalue weighted by Gasteiger charge is 2.22. The monoisotopic (exact) mass is 229 g/mol. The second-order valence-electron chi connectivity index (χ2n) is 4.66. The first-order chi connectivity index (χ1) is 7.63. The second-order valence-corrected chi connectivity index (χ2v) is 4.66. The molecule has 4 nitrogen and oxygen atoms in total. The summed E-state index contributed by atoms with van der Waals surface area (Å²) in [6.07, 6.45) is 3.25. The Morgan fingerprint density at radius 3 is 2.88 bits per heavy atom. The Bertz CT molecular complexity index is 214. The van der Waals surface area contributed by atoms with Crippen molar-refractivity contribution in [1.29, 1.82) is 0 Å². The van der Waals surface area contributed by atoms with E-state index in [0.717, 1.165) is 39.0 Å². The van der Waals surface area contributed by atoms with Crippen LogP contribution in [-0.4, -0.2) is 48.3 Å². The summed E-state index contributed by atoms with van der Waals surface area (Å²) in [5.41, 5.74) is 0. The fraction of sp³-hybridized carbons (Fsp3) is 0.917. The fourth-order valence-corrected chi connectivity index (χ4v) is 2.12. The first-order valence-electron chi connectivity index (χ1n) is 6.17. The maximum absolute atomic E-state index is 10.8. The average molecular weight is 229 g/mol. The molecule has 1 rings (SSSR count). The molecule has 1 N–H and O–H groups in total. The molecule has 1 heterocycles. The van der Waals surface area contributed by atoms with Gasteiger partial charge in [0.1, 0.15) is 0 Å². The van der Waals surface area contributed by atoms with Crippen LogP contribution in [-0.2, 0) is 9.53 Å². The number of hydrogen-bond donors (Lipinski definition) is 1. The Kier molecular flexibility index (Phi) is 5.77. The van der Waals surface area contributed by atoms with Gasteiger partial charge in [-0.25, -0.2) is 0 Å². The zero-order valence-electron chi connectivity index (χ0n) is 10.3. The van der Waals surface area contributed by atoms with Crippen LogP contribution >= 0.6 is 0 Å². The lowest BCUT2D eigenvalue weighted by atomic mass is 10.0. The van der Waals surface area contributed by atoms with Crippen molar-refractivity contribution >= 4 is 5.97 Å². The van der Waals surface area contributed by atoms with Crippen molar-refractivity contribution in [2.75, 3.05) is 26.3 Å². The topological polar surface area (TPSA) is 49.8 Å². The van der Waals surface area contributed by atoms with Crippen LogP contribution < -0.4 is 0 Å². The maximum Gasteiger partial charge on any atom is 0.317 e. The van der Waals surface area contributed by atoms with Crippen LogP contribution in [0.3, 0.4) is 0 Å². The third-order valence-electron chi connectivity index (χ3n) is 3.30. The van der Waals surface area contributed by atoms with Gasteiger partial charge in [-0.05, 0) is 32.1 Å². The molecule has 1 saturated heterocycles. The zero-order chi connectivity index (χ0) is 12.0. The van der Waals surface area contributed by atoms with E-state index < -0.39 is 5.97 Å². The molecule has 0 aromatic carbocycles. The van der Waals surface area contributed by atoms with Crippen molar-refractivity contribution in [3.8, 4) is 0 Å². The largest absolute Gasteiger partial charge is 0.480 e. The van der Waals surface area contributed by atoms with Gasteiger partial charge in [0, 0.05) is 19.2 Å². The molecular formula is C12H23NO3. The minimum atomic E-state index is -0.739. The van der Waals surface area contributed by atoms with Crippen molar-refractivity contribution in [3.05, 3.63) is 0 Å². The molecule has 0 radical (unpaired) electrons. The summed E-state index contributed by atoms with van der Waals surface area (Å²) >= 11 is 0. The van der Waals surface area contributed by atoms with Crippen molar-refractivity contribution in [3.63, 3.8) is 0 Å².